The van der Waals surface area contributed by atoms with Crippen LogP contribution in [0.1, 0.15) is 79.6 Å². The summed E-state index contributed by atoms with van der Waals surface area (Å²) in [6.45, 7) is 0.343. The summed E-state index contributed by atoms with van der Waals surface area (Å²) in [5.41, 5.74) is 18.4. The number of ketones is 1. The molecular formula is C50H43ClN4O4. The molecular weight excluding hydrogens is 756 g/mol. The summed E-state index contributed by atoms with van der Waals surface area (Å²) in [6, 6.07) is 40.4. The fraction of sp³-hybridized carbons (Fsp3) is 0.160. The van der Waals surface area contributed by atoms with Gasteiger partial charge in [-0.1, -0.05) is 103 Å². The number of nitrogens with one attached hydrogen (secondary N) is 2. The minimum atomic E-state index is -0.811. The van der Waals surface area contributed by atoms with Gasteiger partial charge in [-0.2, -0.15) is 0 Å². The molecule has 0 saturated carbocycles. The molecule has 294 valence electrons. The first-order valence-electron chi connectivity index (χ1n) is 19.8. The van der Waals surface area contributed by atoms with Crippen LogP contribution in [0.3, 0.4) is 0 Å². The highest BCUT2D eigenvalue weighted by atomic mass is 35.5. The van der Waals surface area contributed by atoms with E-state index >= 15 is 0 Å². The Morgan fingerprint density at radius 3 is 2.39 bits per heavy atom. The first-order chi connectivity index (χ1) is 28.8. The predicted molar refractivity (Wildman–Crippen MR) is 237 cm³/mol. The summed E-state index contributed by atoms with van der Waals surface area (Å²) in [5, 5.41) is 15.9. The summed E-state index contributed by atoms with van der Waals surface area (Å²) >= 11 is 6.77. The fourth-order valence-corrected chi connectivity index (χ4v) is 8.86. The highest BCUT2D eigenvalue weighted by Crippen LogP contribution is 2.48. The molecule has 59 heavy (non-hydrogen) atoms. The number of anilines is 2. The van der Waals surface area contributed by atoms with Gasteiger partial charge >= 0.3 is 5.97 Å². The molecule has 0 saturated heterocycles. The van der Waals surface area contributed by atoms with E-state index in [1.54, 1.807) is 30.5 Å². The van der Waals surface area contributed by atoms with E-state index in [0.29, 0.717) is 29.8 Å². The second kappa shape index (κ2) is 17.5. The van der Waals surface area contributed by atoms with E-state index in [9.17, 15) is 19.5 Å². The number of benzene rings is 6. The summed E-state index contributed by atoms with van der Waals surface area (Å²) in [5.74, 6) is -1.70. The van der Waals surface area contributed by atoms with Gasteiger partial charge in [-0.05, 0) is 124 Å². The number of carboxylic acid groups (broad SMARTS) is 1. The Balaban J connectivity index is 0.000000378. The van der Waals surface area contributed by atoms with Crippen molar-refractivity contribution in [3.05, 3.63) is 184 Å². The number of Topliss-reactive ketones (excluding diaryl/α,β-unsaturated/α-hetero) is 1. The molecule has 2 unspecified atom stereocenters. The third-order valence-electron chi connectivity index (χ3n) is 11.4. The van der Waals surface area contributed by atoms with Crippen LogP contribution in [0.5, 0.6) is 0 Å². The zero-order valence-corrected chi connectivity index (χ0v) is 33.1. The SMILES string of the molecule is C1=CNc2ccccc2N=C1.NCc1ccccc1-c1ccccc1C(=O)Nc1ccc(C(=O)C2Cc3ccccc3-c3ccc4c(c32)CCCC4CC(=O)O)cc1Cl. The molecule has 3 aliphatic rings. The van der Waals surface area contributed by atoms with Crippen molar-refractivity contribution in [1.82, 2.24) is 0 Å². The Morgan fingerprint density at radius 1 is 0.831 bits per heavy atom. The zero-order valence-electron chi connectivity index (χ0n) is 32.3. The highest BCUT2D eigenvalue weighted by molar-refractivity contribution is 6.34. The second-order valence-electron chi connectivity index (χ2n) is 14.9. The first kappa shape index (κ1) is 39.2. The lowest BCUT2D eigenvalue weighted by atomic mass is 9.69. The maximum absolute atomic E-state index is 14.4. The van der Waals surface area contributed by atoms with Crippen molar-refractivity contribution in [3.8, 4) is 22.3 Å². The number of hydrogen-bond donors (Lipinski definition) is 4. The average molecular weight is 799 g/mol. The molecule has 0 spiro atoms. The average Bonchev–Trinajstić information content (AvgIpc) is 3.52. The largest absolute Gasteiger partial charge is 0.481 e. The molecule has 0 aromatic heterocycles. The van der Waals surface area contributed by atoms with Gasteiger partial charge in [0.1, 0.15) is 0 Å². The standard InChI is InChI=1S/C41H35ClN2O4.C9H8N2/c42-36-21-26(16-19-37(36)44-41(48)34-14-6-5-13-31(34)29-12-4-2-9-27(29)23-43)40(47)35-20-24-8-1-3-11-28(24)33-18-17-30-25(22-38(45)46)10-7-15-32(30)39(33)35;1-2-5-9-8(4-1)10-6-3-7-11-9/h1-6,8-9,11-14,16-19,21,25,35H,7,10,15,20,22-23,43H2,(H,44,48)(H,45,46);1-7,10H. The molecule has 2 atom stereocenters. The number of hydrogen-bond acceptors (Lipinski definition) is 6. The third kappa shape index (κ3) is 8.23. The number of rotatable bonds is 8. The summed E-state index contributed by atoms with van der Waals surface area (Å²) in [4.78, 5) is 44.0. The van der Waals surface area contributed by atoms with Gasteiger partial charge in [0.05, 0.1) is 34.4 Å². The molecule has 1 aliphatic heterocycles. The number of para-hydroxylation sites is 2. The molecule has 6 aromatic rings. The van der Waals surface area contributed by atoms with Gasteiger partial charge < -0.3 is 21.5 Å². The molecule has 0 bridgehead atoms. The van der Waals surface area contributed by atoms with Gasteiger partial charge in [0.15, 0.2) is 5.78 Å². The normalized spacial score (nSPS) is 15.8. The number of halogens is 1. The van der Waals surface area contributed by atoms with E-state index in [2.05, 4.69) is 39.9 Å². The van der Waals surface area contributed by atoms with Crippen LogP contribution < -0.4 is 16.4 Å². The van der Waals surface area contributed by atoms with E-state index in [1.807, 2.05) is 91.1 Å². The van der Waals surface area contributed by atoms with Crippen molar-refractivity contribution < 1.29 is 19.5 Å². The van der Waals surface area contributed by atoms with Crippen LogP contribution in [-0.4, -0.2) is 29.0 Å². The van der Waals surface area contributed by atoms with Gasteiger partial charge in [-0.25, -0.2) is 0 Å². The van der Waals surface area contributed by atoms with Crippen LogP contribution >= 0.6 is 11.6 Å². The van der Waals surface area contributed by atoms with Crippen LogP contribution in [0, 0.1) is 0 Å². The molecule has 0 fully saturated rings. The summed E-state index contributed by atoms with van der Waals surface area (Å²) in [6.07, 6.45) is 8.65. The fourth-order valence-electron chi connectivity index (χ4n) is 8.64. The molecule has 2 aliphatic carbocycles. The minimum Gasteiger partial charge on any atom is -0.481 e. The van der Waals surface area contributed by atoms with Gasteiger partial charge in [0.2, 0.25) is 0 Å². The molecule has 9 heteroatoms. The van der Waals surface area contributed by atoms with Gasteiger partial charge in [-0.15, -0.1) is 0 Å². The number of fused-ring (bicyclic) bond motifs is 6. The summed E-state index contributed by atoms with van der Waals surface area (Å²) < 4.78 is 0. The Hall–Kier alpha value is -6.61. The quantitative estimate of drug-likeness (QED) is 0.113. The molecule has 6 aromatic carbocycles. The Bertz CT molecular complexity index is 2650. The first-order valence-corrected chi connectivity index (χ1v) is 20.2. The molecule has 8 nitrogen and oxygen atoms in total. The molecule has 1 amide bonds. The van der Waals surface area contributed by atoms with Crippen LogP contribution in [0.4, 0.5) is 17.1 Å². The smallest absolute Gasteiger partial charge is 0.303 e. The Labute approximate surface area is 348 Å². The maximum atomic E-state index is 14.4. The maximum Gasteiger partial charge on any atom is 0.303 e. The minimum absolute atomic E-state index is 0.0528. The van der Waals surface area contributed by atoms with E-state index in [0.717, 1.165) is 80.7 Å². The lowest BCUT2D eigenvalue weighted by Crippen LogP contribution is -2.25. The number of carbonyl (C=O) groups is 3. The number of nitrogens with two attached hydrogens (primary N) is 1. The number of aliphatic carboxylic acids is 1. The molecule has 0 radical (unpaired) electrons. The second-order valence-corrected chi connectivity index (χ2v) is 15.3. The Morgan fingerprint density at radius 2 is 1.58 bits per heavy atom. The van der Waals surface area contributed by atoms with Crippen molar-refractivity contribution in [2.75, 3.05) is 10.6 Å². The van der Waals surface area contributed by atoms with Crippen molar-refractivity contribution in [2.24, 2.45) is 10.7 Å². The molecule has 1 heterocycles. The lowest BCUT2D eigenvalue weighted by molar-refractivity contribution is -0.137. The number of carboxylic acids is 1. The van der Waals surface area contributed by atoms with Crippen LogP contribution in [0.15, 0.2) is 145 Å². The van der Waals surface area contributed by atoms with E-state index in [-0.39, 0.29) is 29.1 Å². The number of carbonyl (C=O) groups excluding carboxylic acids is 2. The van der Waals surface area contributed by atoms with Gasteiger partial charge in [-0.3, -0.25) is 19.4 Å². The molecule has 9 rings (SSSR count). The number of aliphatic imine (C=N–C) groups is 1. The van der Waals surface area contributed by atoms with E-state index in [4.69, 9.17) is 17.3 Å². The number of amides is 1. The van der Waals surface area contributed by atoms with Crippen molar-refractivity contribution in [3.63, 3.8) is 0 Å². The van der Waals surface area contributed by atoms with Crippen LogP contribution in [0.2, 0.25) is 5.02 Å². The number of allylic oxidation sites excluding steroid dienone is 1. The van der Waals surface area contributed by atoms with E-state index in [1.165, 1.54) is 0 Å². The number of nitrogens with zero attached hydrogens (tertiary/aromatic N) is 1. The van der Waals surface area contributed by atoms with E-state index < -0.39 is 11.9 Å². The van der Waals surface area contributed by atoms with Crippen LogP contribution in [0.25, 0.3) is 22.3 Å². The zero-order chi connectivity index (χ0) is 40.9. The topological polar surface area (TPSA) is 134 Å². The van der Waals surface area contributed by atoms with Crippen molar-refractivity contribution in [2.45, 2.75) is 50.5 Å². The predicted octanol–water partition coefficient (Wildman–Crippen LogP) is 11.1. The van der Waals surface area contributed by atoms with Crippen molar-refractivity contribution in [1.29, 1.82) is 0 Å². The lowest BCUT2D eigenvalue weighted by Gasteiger charge is -2.34. The monoisotopic (exact) mass is 798 g/mol. The molecule has 5 N–H and O–H groups in total. The summed E-state index contributed by atoms with van der Waals surface area (Å²) in [7, 11) is 0. The third-order valence-corrected chi connectivity index (χ3v) is 11.7. The van der Waals surface area contributed by atoms with Crippen LogP contribution in [-0.2, 0) is 24.2 Å². The van der Waals surface area contributed by atoms with Crippen molar-refractivity contribution >= 4 is 52.5 Å². The highest BCUT2D eigenvalue weighted by Gasteiger charge is 2.36. The van der Waals surface area contributed by atoms with Gasteiger partial charge in [0, 0.05) is 30.1 Å². The van der Waals surface area contributed by atoms with Gasteiger partial charge in [0.25, 0.3) is 5.91 Å². The Kier molecular flexibility index (Phi) is 11.6.